The van der Waals surface area contributed by atoms with Crippen LogP contribution in [-0.2, 0) is 16.1 Å². The van der Waals surface area contributed by atoms with Crippen molar-refractivity contribution in [3.63, 3.8) is 0 Å². The summed E-state index contributed by atoms with van der Waals surface area (Å²) in [5, 5.41) is 0. The molecule has 3 heteroatoms. The normalized spacial score (nSPS) is 23.5. The third-order valence-electron chi connectivity index (χ3n) is 4.97. The van der Waals surface area contributed by atoms with Gasteiger partial charge in [-0.05, 0) is 49.9 Å². The van der Waals surface area contributed by atoms with Crippen molar-refractivity contribution in [3.8, 4) is 0 Å². The van der Waals surface area contributed by atoms with E-state index in [0.717, 1.165) is 5.56 Å². The van der Waals surface area contributed by atoms with Crippen LogP contribution in [-0.4, -0.2) is 30.0 Å². The molecule has 23 heavy (non-hydrogen) atoms. The predicted molar refractivity (Wildman–Crippen MR) is 93.0 cm³/mol. The monoisotopic (exact) mass is 313 g/mol. The van der Waals surface area contributed by atoms with Crippen LogP contribution < -0.4 is 0 Å². The summed E-state index contributed by atoms with van der Waals surface area (Å²) in [4.78, 5) is 13.8. The van der Waals surface area contributed by atoms with Crippen molar-refractivity contribution < 1.29 is 9.53 Å². The van der Waals surface area contributed by atoms with E-state index in [2.05, 4.69) is 35.2 Å². The van der Waals surface area contributed by atoms with Gasteiger partial charge in [0.1, 0.15) is 6.61 Å². The van der Waals surface area contributed by atoms with Crippen LogP contribution in [0.3, 0.4) is 0 Å². The standard InChI is InChI=1S/C20H27NO2/c1-2-20(22)23-15-17-10-8-16(9-11-17)14-18-6-3-4-7-19(18)21-12-5-13-21/h8-11,14,19H,2-7,12-13,15H2,1H3. The smallest absolute Gasteiger partial charge is 0.305 e. The number of carbonyl (C=O) groups is 1. The number of nitrogens with zero attached hydrogens (tertiary/aromatic N) is 1. The maximum absolute atomic E-state index is 11.2. The molecular formula is C20H27NO2. The maximum Gasteiger partial charge on any atom is 0.305 e. The highest BCUT2D eigenvalue weighted by molar-refractivity contribution is 5.68. The Balaban J connectivity index is 1.64. The topological polar surface area (TPSA) is 29.5 Å². The molecule has 1 saturated heterocycles. The molecule has 1 heterocycles. The van der Waals surface area contributed by atoms with Gasteiger partial charge >= 0.3 is 5.97 Å². The average Bonchev–Trinajstić information content (AvgIpc) is 2.54. The molecule has 0 N–H and O–H groups in total. The van der Waals surface area contributed by atoms with E-state index in [1.54, 1.807) is 5.57 Å². The number of benzene rings is 1. The Morgan fingerprint density at radius 1 is 1.22 bits per heavy atom. The molecule has 1 aliphatic heterocycles. The minimum atomic E-state index is -0.143. The third-order valence-corrected chi connectivity index (χ3v) is 4.97. The average molecular weight is 313 g/mol. The van der Waals surface area contributed by atoms with E-state index in [4.69, 9.17) is 4.74 Å². The van der Waals surface area contributed by atoms with Gasteiger partial charge in [-0.3, -0.25) is 9.69 Å². The van der Waals surface area contributed by atoms with Crippen molar-refractivity contribution in [2.45, 2.75) is 58.1 Å². The van der Waals surface area contributed by atoms with Crippen LogP contribution in [0.25, 0.3) is 6.08 Å². The summed E-state index contributed by atoms with van der Waals surface area (Å²) in [7, 11) is 0. The molecule has 1 aromatic rings. The number of hydrogen-bond acceptors (Lipinski definition) is 3. The van der Waals surface area contributed by atoms with Gasteiger partial charge in [0.25, 0.3) is 0 Å². The lowest BCUT2D eigenvalue weighted by Crippen LogP contribution is -2.46. The summed E-state index contributed by atoms with van der Waals surface area (Å²) < 4.78 is 5.18. The van der Waals surface area contributed by atoms with Crippen molar-refractivity contribution in [1.29, 1.82) is 0 Å². The Hall–Kier alpha value is -1.61. The van der Waals surface area contributed by atoms with E-state index in [1.807, 2.05) is 6.92 Å². The summed E-state index contributed by atoms with van der Waals surface area (Å²) in [5.41, 5.74) is 3.91. The Kier molecular flexibility index (Phi) is 5.50. The van der Waals surface area contributed by atoms with Crippen molar-refractivity contribution >= 4 is 12.0 Å². The van der Waals surface area contributed by atoms with Crippen LogP contribution in [0.1, 0.15) is 56.6 Å². The lowest BCUT2D eigenvalue weighted by atomic mass is 9.86. The summed E-state index contributed by atoms with van der Waals surface area (Å²) >= 11 is 0. The molecule has 2 fully saturated rings. The van der Waals surface area contributed by atoms with Crippen molar-refractivity contribution in [2.24, 2.45) is 0 Å². The van der Waals surface area contributed by atoms with Gasteiger partial charge in [-0.25, -0.2) is 0 Å². The first kappa shape index (κ1) is 16.3. The fourth-order valence-electron chi connectivity index (χ4n) is 3.45. The number of hydrogen-bond donors (Lipinski definition) is 0. The zero-order valence-corrected chi connectivity index (χ0v) is 14.1. The minimum Gasteiger partial charge on any atom is -0.461 e. The lowest BCUT2D eigenvalue weighted by molar-refractivity contribution is -0.144. The largest absolute Gasteiger partial charge is 0.461 e. The van der Waals surface area contributed by atoms with Crippen LogP contribution in [0.5, 0.6) is 0 Å². The maximum atomic E-state index is 11.2. The van der Waals surface area contributed by atoms with Crippen LogP contribution in [0, 0.1) is 0 Å². The quantitative estimate of drug-likeness (QED) is 0.764. The molecule has 1 aliphatic carbocycles. The molecule has 0 bridgehead atoms. The van der Waals surface area contributed by atoms with Crippen LogP contribution in [0.2, 0.25) is 0 Å². The van der Waals surface area contributed by atoms with Crippen molar-refractivity contribution in [3.05, 3.63) is 41.0 Å². The van der Waals surface area contributed by atoms with Crippen LogP contribution in [0.15, 0.2) is 29.8 Å². The van der Waals surface area contributed by atoms with Gasteiger partial charge in [0.05, 0.1) is 0 Å². The molecule has 0 amide bonds. The van der Waals surface area contributed by atoms with Gasteiger partial charge in [-0.15, -0.1) is 0 Å². The number of carbonyl (C=O) groups excluding carboxylic acids is 1. The lowest BCUT2D eigenvalue weighted by Gasteiger charge is -2.42. The van der Waals surface area contributed by atoms with Gasteiger partial charge in [0.2, 0.25) is 0 Å². The van der Waals surface area contributed by atoms with Gasteiger partial charge < -0.3 is 4.74 Å². The van der Waals surface area contributed by atoms with Gasteiger partial charge in [-0.1, -0.05) is 49.3 Å². The molecule has 1 atom stereocenters. The summed E-state index contributed by atoms with van der Waals surface area (Å²) in [6, 6.07) is 9.09. The first-order chi connectivity index (χ1) is 11.3. The second-order valence-corrected chi connectivity index (χ2v) is 6.63. The predicted octanol–water partition coefficient (Wildman–Crippen LogP) is 4.17. The van der Waals surface area contributed by atoms with E-state index in [9.17, 15) is 4.79 Å². The third kappa shape index (κ3) is 4.23. The minimum absolute atomic E-state index is 0.143. The Bertz CT molecular complexity index is 558. The van der Waals surface area contributed by atoms with E-state index in [0.29, 0.717) is 19.1 Å². The number of rotatable bonds is 5. The van der Waals surface area contributed by atoms with E-state index >= 15 is 0 Å². The molecule has 0 spiro atoms. The molecular weight excluding hydrogens is 286 g/mol. The van der Waals surface area contributed by atoms with E-state index in [1.165, 1.54) is 50.8 Å². The van der Waals surface area contributed by atoms with E-state index in [-0.39, 0.29) is 5.97 Å². The zero-order valence-electron chi connectivity index (χ0n) is 14.1. The summed E-state index contributed by atoms with van der Waals surface area (Å²) in [6.07, 6.45) is 9.40. The molecule has 0 aromatic heterocycles. The van der Waals surface area contributed by atoms with E-state index < -0.39 is 0 Å². The molecule has 0 radical (unpaired) electrons. The first-order valence-electron chi connectivity index (χ1n) is 8.95. The molecule has 1 saturated carbocycles. The molecule has 3 nitrogen and oxygen atoms in total. The second kappa shape index (κ2) is 7.78. The second-order valence-electron chi connectivity index (χ2n) is 6.63. The Morgan fingerprint density at radius 3 is 2.65 bits per heavy atom. The SMILES string of the molecule is CCC(=O)OCc1ccc(C=C2CCCCC2N2CCC2)cc1. The van der Waals surface area contributed by atoms with Gasteiger partial charge in [-0.2, -0.15) is 0 Å². The molecule has 124 valence electrons. The van der Waals surface area contributed by atoms with Gasteiger partial charge in [0, 0.05) is 12.5 Å². The van der Waals surface area contributed by atoms with Gasteiger partial charge in [0.15, 0.2) is 0 Å². The van der Waals surface area contributed by atoms with Crippen LogP contribution in [0.4, 0.5) is 0 Å². The number of esters is 1. The molecule has 1 aromatic carbocycles. The number of likely N-dealkylation sites (tertiary alicyclic amines) is 1. The summed E-state index contributed by atoms with van der Waals surface area (Å²) in [5.74, 6) is -0.143. The highest BCUT2D eigenvalue weighted by Gasteiger charge is 2.28. The zero-order chi connectivity index (χ0) is 16.1. The fraction of sp³-hybridized carbons (Fsp3) is 0.550. The Morgan fingerprint density at radius 2 is 2.00 bits per heavy atom. The summed E-state index contributed by atoms with van der Waals surface area (Å²) in [6.45, 7) is 4.73. The highest BCUT2D eigenvalue weighted by Crippen LogP contribution is 2.32. The van der Waals surface area contributed by atoms with Crippen molar-refractivity contribution in [1.82, 2.24) is 4.90 Å². The highest BCUT2D eigenvalue weighted by atomic mass is 16.5. The molecule has 3 rings (SSSR count). The number of ether oxygens (including phenoxy) is 1. The van der Waals surface area contributed by atoms with Crippen molar-refractivity contribution in [2.75, 3.05) is 13.1 Å². The molecule has 1 unspecified atom stereocenters. The fourth-order valence-corrected chi connectivity index (χ4v) is 3.45. The van der Waals surface area contributed by atoms with Crippen LogP contribution >= 0.6 is 0 Å². The molecule has 2 aliphatic rings. The Labute approximate surface area is 139 Å². The first-order valence-corrected chi connectivity index (χ1v) is 8.95.